The molecule has 3 aromatic rings. The number of hydrogen-bond acceptors (Lipinski definition) is 5. The lowest BCUT2D eigenvalue weighted by atomic mass is 10.1. The van der Waals surface area contributed by atoms with E-state index in [1.165, 1.54) is 42.3 Å². The molecule has 3 aromatic carbocycles. The summed E-state index contributed by atoms with van der Waals surface area (Å²) in [6.45, 7) is 5.01. The third-order valence-corrected chi connectivity index (χ3v) is 9.51. The molecule has 0 unspecified atom stereocenters. The van der Waals surface area contributed by atoms with Gasteiger partial charge in [0.2, 0.25) is 11.8 Å². The van der Waals surface area contributed by atoms with Crippen molar-refractivity contribution in [2.45, 2.75) is 57.1 Å². The molecule has 0 fully saturated rings. The Labute approximate surface area is 262 Å². The van der Waals surface area contributed by atoms with Crippen molar-refractivity contribution in [3.8, 4) is 5.75 Å². The summed E-state index contributed by atoms with van der Waals surface area (Å²) in [7, 11) is -2.78. The van der Waals surface area contributed by atoms with Crippen molar-refractivity contribution in [1.29, 1.82) is 0 Å². The molecule has 0 saturated heterocycles. The first-order valence-electron chi connectivity index (χ1n) is 13.4. The van der Waals surface area contributed by atoms with Gasteiger partial charge in [0.05, 0.1) is 27.7 Å². The fraction of sp³-hybridized carbons (Fsp3) is 0.333. The Morgan fingerprint density at radius 1 is 0.929 bits per heavy atom. The van der Waals surface area contributed by atoms with Crippen molar-refractivity contribution in [2.24, 2.45) is 0 Å². The van der Waals surface area contributed by atoms with Crippen molar-refractivity contribution in [3.05, 3.63) is 87.4 Å². The lowest BCUT2D eigenvalue weighted by molar-refractivity contribution is -0.140. The van der Waals surface area contributed by atoms with Crippen LogP contribution in [0.5, 0.6) is 5.75 Å². The monoisotopic (exact) mass is 653 g/mol. The SMILES string of the molecule is CC[C@@H](C)NC(=O)[C@@H](CC)N(Cc1ccc(Cl)c(Cl)c1)C(=O)CN(c1cccc(Cl)c1)S(=O)(=O)c1ccc(OC)cc1. The number of carbonyl (C=O) groups is 2. The van der Waals surface area contributed by atoms with Gasteiger partial charge >= 0.3 is 0 Å². The maximum Gasteiger partial charge on any atom is 0.264 e. The third kappa shape index (κ3) is 8.31. The summed E-state index contributed by atoms with van der Waals surface area (Å²) in [6.07, 6.45) is 0.989. The summed E-state index contributed by atoms with van der Waals surface area (Å²) < 4.78 is 34.1. The van der Waals surface area contributed by atoms with E-state index in [2.05, 4.69) is 5.32 Å². The Kier molecular flexibility index (Phi) is 11.9. The molecular weight excluding hydrogens is 621 g/mol. The summed E-state index contributed by atoms with van der Waals surface area (Å²) in [5.74, 6) is -0.456. The summed E-state index contributed by atoms with van der Waals surface area (Å²) in [5, 5.41) is 3.87. The zero-order chi connectivity index (χ0) is 31.0. The highest BCUT2D eigenvalue weighted by Crippen LogP contribution is 2.29. The molecule has 0 radical (unpaired) electrons. The first-order valence-corrected chi connectivity index (χ1v) is 15.9. The molecule has 8 nitrogen and oxygen atoms in total. The average molecular weight is 655 g/mol. The van der Waals surface area contributed by atoms with Crippen molar-refractivity contribution < 1.29 is 22.7 Å². The van der Waals surface area contributed by atoms with E-state index in [1.807, 2.05) is 13.8 Å². The van der Waals surface area contributed by atoms with Crippen molar-refractivity contribution in [3.63, 3.8) is 0 Å². The average Bonchev–Trinajstić information content (AvgIpc) is 2.97. The molecule has 0 aliphatic heterocycles. The Balaban J connectivity index is 2.08. The topological polar surface area (TPSA) is 96.0 Å². The number of benzene rings is 3. The summed E-state index contributed by atoms with van der Waals surface area (Å²) in [5.41, 5.74) is 0.818. The van der Waals surface area contributed by atoms with E-state index in [0.29, 0.717) is 32.8 Å². The second-order valence-electron chi connectivity index (χ2n) is 9.68. The number of ether oxygens (including phenoxy) is 1. The van der Waals surface area contributed by atoms with Crippen LogP contribution in [-0.2, 0) is 26.2 Å². The van der Waals surface area contributed by atoms with Crippen LogP contribution < -0.4 is 14.4 Å². The molecule has 42 heavy (non-hydrogen) atoms. The first-order chi connectivity index (χ1) is 19.9. The third-order valence-electron chi connectivity index (χ3n) is 6.75. The summed E-state index contributed by atoms with van der Waals surface area (Å²) in [4.78, 5) is 28.8. The van der Waals surface area contributed by atoms with Crippen LogP contribution >= 0.6 is 34.8 Å². The fourth-order valence-corrected chi connectivity index (χ4v) is 6.14. The van der Waals surface area contributed by atoms with E-state index in [1.54, 1.807) is 43.3 Å². The van der Waals surface area contributed by atoms with Gasteiger partial charge < -0.3 is 15.0 Å². The Bertz CT molecular complexity index is 1500. The van der Waals surface area contributed by atoms with Crippen LogP contribution in [0.3, 0.4) is 0 Å². The van der Waals surface area contributed by atoms with Gasteiger partial charge in [0.25, 0.3) is 10.0 Å². The second kappa shape index (κ2) is 15.0. The number of hydrogen-bond donors (Lipinski definition) is 1. The molecular formula is C30H34Cl3N3O5S. The normalized spacial score (nSPS) is 12.7. The smallest absolute Gasteiger partial charge is 0.264 e. The highest BCUT2D eigenvalue weighted by molar-refractivity contribution is 7.92. The standard InChI is InChI=1S/C30H34Cl3N3O5S/c1-5-20(3)34-30(38)28(6-2)35(18-21-10-15-26(32)27(33)16-21)29(37)19-36(23-9-7-8-22(31)17-23)42(39,40)25-13-11-24(41-4)12-14-25/h7-17,20,28H,5-6,18-19H2,1-4H3,(H,34,38)/t20-,28-/m1/s1. The number of rotatable bonds is 13. The van der Waals surface area contributed by atoms with Crippen LogP contribution in [0.15, 0.2) is 71.6 Å². The van der Waals surface area contributed by atoms with Crippen molar-refractivity contribution in [1.82, 2.24) is 10.2 Å². The van der Waals surface area contributed by atoms with E-state index in [-0.39, 0.29) is 35.5 Å². The molecule has 12 heteroatoms. The number of nitrogens with one attached hydrogen (secondary N) is 1. The molecule has 0 aromatic heterocycles. The van der Waals surface area contributed by atoms with Crippen LogP contribution in [0.1, 0.15) is 39.2 Å². The quantitative estimate of drug-likeness (QED) is 0.225. The van der Waals surface area contributed by atoms with Gasteiger partial charge in [-0.05, 0) is 79.9 Å². The van der Waals surface area contributed by atoms with E-state index < -0.39 is 28.5 Å². The van der Waals surface area contributed by atoms with E-state index in [4.69, 9.17) is 39.5 Å². The van der Waals surface area contributed by atoms with Crippen molar-refractivity contribution >= 4 is 62.3 Å². The lowest BCUT2D eigenvalue weighted by Gasteiger charge is -2.33. The van der Waals surface area contributed by atoms with Gasteiger partial charge in [0.1, 0.15) is 18.3 Å². The molecule has 0 aliphatic rings. The van der Waals surface area contributed by atoms with Gasteiger partial charge in [-0.1, -0.05) is 60.8 Å². The minimum atomic E-state index is -4.25. The van der Waals surface area contributed by atoms with E-state index in [9.17, 15) is 18.0 Å². The molecule has 0 spiro atoms. The second-order valence-corrected chi connectivity index (χ2v) is 12.8. The summed E-state index contributed by atoms with van der Waals surface area (Å²) in [6, 6.07) is 16.0. The molecule has 2 atom stereocenters. The molecule has 1 N–H and O–H groups in total. The Morgan fingerprint density at radius 3 is 2.19 bits per heavy atom. The number of methoxy groups -OCH3 is 1. The van der Waals surface area contributed by atoms with Crippen LogP contribution in [0, 0.1) is 0 Å². The first kappa shape index (κ1) is 33.5. The van der Waals surface area contributed by atoms with Gasteiger partial charge in [0, 0.05) is 17.6 Å². The molecule has 0 aliphatic carbocycles. The van der Waals surface area contributed by atoms with Crippen LogP contribution in [0.25, 0.3) is 0 Å². The molecule has 2 amide bonds. The maximum atomic E-state index is 14.1. The number of carbonyl (C=O) groups excluding carboxylic acids is 2. The Hall–Kier alpha value is -2.98. The number of sulfonamides is 1. The number of halogens is 3. The Morgan fingerprint density at radius 2 is 1.62 bits per heavy atom. The fourth-order valence-electron chi connectivity index (χ4n) is 4.23. The van der Waals surface area contributed by atoms with Gasteiger partial charge in [-0.15, -0.1) is 0 Å². The lowest BCUT2D eigenvalue weighted by Crippen LogP contribution is -2.53. The number of nitrogens with zero attached hydrogens (tertiary/aromatic N) is 2. The van der Waals surface area contributed by atoms with Gasteiger partial charge in [-0.25, -0.2) is 8.42 Å². The zero-order valence-electron chi connectivity index (χ0n) is 23.8. The number of anilines is 1. The molecule has 0 saturated carbocycles. The van der Waals surface area contributed by atoms with E-state index >= 15 is 0 Å². The minimum absolute atomic E-state index is 0.00583. The highest BCUT2D eigenvalue weighted by atomic mass is 35.5. The predicted molar refractivity (Wildman–Crippen MR) is 168 cm³/mol. The molecule has 226 valence electrons. The van der Waals surface area contributed by atoms with Gasteiger partial charge in [0.15, 0.2) is 0 Å². The van der Waals surface area contributed by atoms with Crippen LogP contribution in [-0.4, -0.2) is 50.9 Å². The maximum absolute atomic E-state index is 14.1. The van der Waals surface area contributed by atoms with Crippen molar-refractivity contribution in [2.75, 3.05) is 18.0 Å². The number of amides is 2. The zero-order valence-corrected chi connectivity index (χ0v) is 26.9. The molecule has 3 rings (SSSR count). The predicted octanol–water partition coefficient (Wildman–Crippen LogP) is 6.57. The van der Waals surface area contributed by atoms with Gasteiger partial charge in [-0.2, -0.15) is 0 Å². The van der Waals surface area contributed by atoms with E-state index in [0.717, 1.165) is 4.31 Å². The molecule has 0 bridgehead atoms. The van der Waals surface area contributed by atoms with Crippen LogP contribution in [0.4, 0.5) is 5.69 Å². The van der Waals surface area contributed by atoms with Crippen LogP contribution in [0.2, 0.25) is 15.1 Å². The largest absolute Gasteiger partial charge is 0.497 e. The van der Waals surface area contributed by atoms with Gasteiger partial charge in [-0.3, -0.25) is 13.9 Å². The molecule has 0 heterocycles. The summed E-state index contributed by atoms with van der Waals surface area (Å²) >= 11 is 18.6. The highest BCUT2D eigenvalue weighted by Gasteiger charge is 2.34. The minimum Gasteiger partial charge on any atom is -0.497 e.